The largest absolute Gasteiger partial charge is 0.501 e. The Labute approximate surface area is 98.0 Å². The molecule has 0 aliphatic carbocycles. The number of fused-ring (bicyclic) bond motifs is 2. The second-order valence-corrected chi connectivity index (χ2v) is 4.63. The van der Waals surface area contributed by atoms with Gasteiger partial charge in [-0.25, -0.2) is 0 Å². The highest BCUT2D eigenvalue weighted by molar-refractivity contribution is 7.82. The number of ether oxygens (including phenoxy) is 1. The molecule has 0 saturated heterocycles. The molecule has 94 valence electrons. The van der Waals surface area contributed by atoms with E-state index in [1.807, 2.05) is 0 Å². The van der Waals surface area contributed by atoms with Gasteiger partial charge in [-0.15, -0.1) is 8.42 Å². The quantitative estimate of drug-likeness (QED) is 0.739. The molecule has 1 heterocycles. The van der Waals surface area contributed by atoms with Crippen molar-refractivity contribution in [1.82, 2.24) is 0 Å². The number of aliphatic hydroxyl groups is 1. The van der Waals surface area contributed by atoms with E-state index in [-0.39, 0.29) is 28.5 Å². The van der Waals surface area contributed by atoms with Crippen molar-refractivity contribution >= 4 is 16.1 Å². The van der Waals surface area contributed by atoms with Gasteiger partial charge in [-0.2, -0.15) is 0 Å². The minimum Gasteiger partial charge on any atom is -0.494 e. The summed E-state index contributed by atoms with van der Waals surface area (Å²) in [6.45, 7) is 1.44. The molecule has 1 atom stereocenters. The number of methoxy groups -OCH3 is 1. The van der Waals surface area contributed by atoms with Crippen LogP contribution in [0.4, 0.5) is 5.69 Å². The van der Waals surface area contributed by atoms with Crippen molar-refractivity contribution in [2.24, 2.45) is 0 Å². The first kappa shape index (κ1) is 11.8. The van der Waals surface area contributed by atoms with Crippen LogP contribution in [0.1, 0.15) is 18.6 Å². The number of rotatable bonds is 2. The van der Waals surface area contributed by atoms with Crippen LogP contribution in [-0.4, -0.2) is 20.6 Å². The summed E-state index contributed by atoms with van der Waals surface area (Å²) >= 11 is 0. The van der Waals surface area contributed by atoms with Gasteiger partial charge in [0.2, 0.25) is 0 Å². The Bertz CT molecular complexity index is 565. The molecule has 1 aliphatic rings. The van der Waals surface area contributed by atoms with Crippen molar-refractivity contribution < 1.29 is 26.6 Å². The molecule has 0 spiro atoms. The summed E-state index contributed by atoms with van der Waals surface area (Å²) in [5.74, 6) is 0.0159. The van der Waals surface area contributed by atoms with Gasteiger partial charge < -0.3 is 23.9 Å². The van der Waals surface area contributed by atoms with Crippen LogP contribution in [0, 0.1) is 0 Å². The highest BCUT2D eigenvalue weighted by Crippen LogP contribution is 2.48. The summed E-state index contributed by atoms with van der Waals surface area (Å²) in [6.07, 6.45) is -0.983. The molecule has 1 aromatic rings. The fourth-order valence-electron chi connectivity index (χ4n) is 1.60. The van der Waals surface area contributed by atoms with Gasteiger partial charge in [-0.3, -0.25) is 0 Å². The first-order chi connectivity index (χ1) is 7.85. The van der Waals surface area contributed by atoms with Gasteiger partial charge in [-0.05, 0) is 6.92 Å². The van der Waals surface area contributed by atoms with Crippen molar-refractivity contribution in [1.29, 1.82) is 0 Å². The molecule has 1 aliphatic heterocycles. The summed E-state index contributed by atoms with van der Waals surface area (Å²) in [4.78, 5) is 0. The monoisotopic (exact) mass is 261 g/mol. The van der Waals surface area contributed by atoms with Crippen molar-refractivity contribution in [3.63, 3.8) is 0 Å². The van der Waals surface area contributed by atoms with Crippen LogP contribution < -0.4 is 18.8 Å². The number of hydrogen-bond acceptors (Lipinski definition) is 7. The number of aliphatic hydroxyl groups excluding tert-OH is 1. The van der Waals surface area contributed by atoms with Crippen molar-refractivity contribution in [2.75, 3.05) is 12.8 Å². The molecule has 17 heavy (non-hydrogen) atoms. The van der Waals surface area contributed by atoms with Gasteiger partial charge in [0, 0.05) is 6.07 Å². The predicted molar refractivity (Wildman–Crippen MR) is 58.2 cm³/mol. The molecule has 3 N–H and O–H groups in total. The zero-order valence-electron chi connectivity index (χ0n) is 9.13. The second-order valence-electron chi connectivity index (χ2n) is 3.48. The Morgan fingerprint density at radius 2 is 2.12 bits per heavy atom. The maximum atomic E-state index is 11.3. The number of anilines is 1. The fraction of sp³-hybridized carbons (Fsp3) is 0.333. The molecule has 0 fully saturated rings. The Kier molecular flexibility index (Phi) is 2.55. The maximum Gasteiger partial charge on any atom is 0.501 e. The van der Waals surface area contributed by atoms with Gasteiger partial charge in [0.1, 0.15) is 11.4 Å². The molecule has 0 aromatic heterocycles. The third-order valence-corrected chi connectivity index (χ3v) is 3.05. The van der Waals surface area contributed by atoms with Crippen LogP contribution in [0.3, 0.4) is 0 Å². The van der Waals surface area contributed by atoms with Gasteiger partial charge in [0.05, 0.1) is 18.8 Å². The fourth-order valence-corrected chi connectivity index (χ4v) is 2.37. The normalized spacial score (nSPS) is 17.8. The molecular formula is C9H11NO6S. The Morgan fingerprint density at radius 3 is 2.65 bits per heavy atom. The number of hydrogen-bond donors (Lipinski definition) is 2. The lowest BCUT2D eigenvalue weighted by Gasteiger charge is -2.24. The second kappa shape index (κ2) is 3.67. The van der Waals surface area contributed by atoms with E-state index < -0.39 is 16.5 Å². The average Bonchev–Trinajstić information content (AvgIpc) is 2.20. The summed E-state index contributed by atoms with van der Waals surface area (Å²) in [6, 6.07) is 1.29. The van der Waals surface area contributed by atoms with Crippen LogP contribution in [0.5, 0.6) is 17.2 Å². The lowest BCUT2D eigenvalue weighted by Crippen LogP contribution is -2.24. The van der Waals surface area contributed by atoms with Gasteiger partial charge >= 0.3 is 10.4 Å². The van der Waals surface area contributed by atoms with Crippen molar-refractivity contribution in [3.05, 3.63) is 11.6 Å². The summed E-state index contributed by atoms with van der Waals surface area (Å²) < 4.78 is 36.7. The molecule has 0 amide bonds. The first-order valence-corrected chi connectivity index (χ1v) is 6.01. The summed E-state index contributed by atoms with van der Waals surface area (Å²) in [5.41, 5.74) is 5.86. The zero-order chi connectivity index (χ0) is 12.8. The third-order valence-electron chi connectivity index (χ3n) is 2.30. The maximum absolute atomic E-state index is 11.3. The lowest BCUT2D eigenvalue weighted by atomic mass is 10.1. The standard InChI is InChI=1S/C9H11NO6S/c1-4(11)7-5-3-6(14-2)8(10)9(7)16-17(12,13)15-5/h3-4,11H,10H2,1-2H3. The molecule has 1 aromatic carbocycles. The Morgan fingerprint density at radius 1 is 1.47 bits per heavy atom. The van der Waals surface area contributed by atoms with E-state index in [9.17, 15) is 13.5 Å². The van der Waals surface area contributed by atoms with E-state index in [0.29, 0.717) is 0 Å². The van der Waals surface area contributed by atoms with Crippen LogP contribution in [0.15, 0.2) is 6.07 Å². The predicted octanol–water partition coefficient (Wildman–Crippen LogP) is 0.347. The Hall–Kier alpha value is -1.67. The molecule has 0 saturated carbocycles. The van der Waals surface area contributed by atoms with E-state index in [1.165, 1.54) is 20.1 Å². The topological polar surface area (TPSA) is 108 Å². The van der Waals surface area contributed by atoms with Crippen LogP contribution in [-0.2, 0) is 10.4 Å². The zero-order valence-corrected chi connectivity index (χ0v) is 9.95. The average molecular weight is 261 g/mol. The van der Waals surface area contributed by atoms with Crippen LogP contribution in [0.2, 0.25) is 0 Å². The van der Waals surface area contributed by atoms with Gasteiger partial charge in [0.15, 0.2) is 11.5 Å². The summed E-state index contributed by atoms with van der Waals surface area (Å²) in [7, 11) is -2.81. The molecule has 0 radical (unpaired) electrons. The van der Waals surface area contributed by atoms with Crippen LogP contribution in [0.25, 0.3) is 0 Å². The van der Waals surface area contributed by atoms with Crippen molar-refractivity contribution in [3.8, 4) is 17.2 Å². The smallest absolute Gasteiger partial charge is 0.494 e. The number of benzene rings is 1. The lowest BCUT2D eigenvalue weighted by molar-refractivity contribution is 0.190. The highest BCUT2D eigenvalue weighted by Gasteiger charge is 2.34. The number of nitrogens with two attached hydrogens (primary N) is 1. The van der Waals surface area contributed by atoms with E-state index >= 15 is 0 Å². The van der Waals surface area contributed by atoms with E-state index in [1.54, 1.807) is 0 Å². The molecule has 2 bridgehead atoms. The summed E-state index contributed by atoms with van der Waals surface area (Å²) in [5, 5.41) is 9.56. The highest BCUT2D eigenvalue weighted by atomic mass is 32.3. The van der Waals surface area contributed by atoms with Gasteiger partial charge in [0.25, 0.3) is 0 Å². The number of nitrogen functional groups attached to an aromatic ring is 1. The SMILES string of the molecule is COc1cc2c(C(C)O)c(c1N)OS(=O)(=O)O2. The van der Waals surface area contributed by atoms with Gasteiger partial charge in [-0.1, -0.05) is 0 Å². The Balaban J connectivity index is 2.74. The van der Waals surface area contributed by atoms with E-state index in [2.05, 4.69) is 8.37 Å². The third kappa shape index (κ3) is 1.85. The van der Waals surface area contributed by atoms with E-state index in [4.69, 9.17) is 10.5 Å². The molecule has 2 rings (SSSR count). The molecular weight excluding hydrogens is 250 g/mol. The minimum atomic E-state index is -4.18. The molecule has 8 heteroatoms. The molecule has 1 unspecified atom stereocenters. The van der Waals surface area contributed by atoms with Crippen molar-refractivity contribution in [2.45, 2.75) is 13.0 Å². The van der Waals surface area contributed by atoms with Crippen LogP contribution >= 0.6 is 0 Å². The first-order valence-electron chi connectivity index (χ1n) is 4.68. The minimum absolute atomic E-state index is 0.000903. The molecule has 7 nitrogen and oxygen atoms in total. The van der Waals surface area contributed by atoms with E-state index in [0.717, 1.165) is 0 Å².